The van der Waals surface area contributed by atoms with E-state index in [2.05, 4.69) is 10.0 Å². The van der Waals surface area contributed by atoms with Crippen molar-refractivity contribution in [2.24, 2.45) is 5.92 Å². The van der Waals surface area contributed by atoms with E-state index in [1.807, 2.05) is 13.2 Å². The summed E-state index contributed by atoms with van der Waals surface area (Å²) in [6.45, 7) is 2.54. The zero-order chi connectivity index (χ0) is 16.9. The quantitative estimate of drug-likeness (QED) is 0.709. The Balaban J connectivity index is 2.04. The topological polar surface area (TPSA) is 75.3 Å². The molecular weight excluding hydrogens is 332 g/mol. The second-order valence-electron chi connectivity index (χ2n) is 5.96. The average molecular weight is 357 g/mol. The Hall–Kier alpha value is -1.05. The smallest absolute Gasteiger partial charge is 0.241 e. The van der Waals surface area contributed by atoms with Crippen molar-refractivity contribution < 1.29 is 13.2 Å². The van der Waals surface area contributed by atoms with Crippen LogP contribution in [0.25, 0.3) is 0 Å². The van der Waals surface area contributed by atoms with Gasteiger partial charge >= 0.3 is 0 Å². The fraction of sp³-hybridized carbons (Fsp3) is 0.562. The van der Waals surface area contributed by atoms with E-state index in [9.17, 15) is 13.2 Å². The van der Waals surface area contributed by atoms with E-state index in [4.69, 9.17) is 0 Å². The van der Waals surface area contributed by atoms with Gasteiger partial charge in [-0.1, -0.05) is 17.7 Å². The largest absolute Gasteiger partial charge is 0.354 e. The maximum Gasteiger partial charge on any atom is 0.241 e. The van der Waals surface area contributed by atoms with Gasteiger partial charge in [0.2, 0.25) is 15.9 Å². The summed E-state index contributed by atoms with van der Waals surface area (Å²) in [7, 11) is -3.69. The van der Waals surface area contributed by atoms with Crippen LogP contribution < -0.4 is 10.0 Å². The monoisotopic (exact) mass is 356 g/mol. The van der Waals surface area contributed by atoms with Crippen molar-refractivity contribution in [3.8, 4) is 0 Å². The molecule has 1 aromatic rings. The normalized spacial score (nSPS) is 16.1. The van der Waals surface area contributed by atoms with Crippen LogP contribution in [0.4, 0.5) is 0 Å². The number of benzene rings is 1. The molecule has 0 aromatic heterocycles. The number of sulfonamides is 1. The minimum Gasteiger partial charge on any atom is -0.354 e. The number of thioether (sulfide) groups is 1. The SMILES string of the molecule is CSCCC(NS(=O)(=O)c1ccc(C)cc1)C(=O)NCC1CC1. The average Bonchev–Trinajstić information content (AvgIpc) is 3.33. The molecule has 1 fully saturated rings. The van der Waals surface area contributed by atoms with Crippen LogP contribution in [-0.2, 0) is 14.8 Å². The van der Waals surface area contributed by atoms with Crippen molar-refractivity contribution >= 4 is 27.7 Å². The summed E-state index contributed by atoms with van der Waals surface area (Å²) in [5.74, 6) is 1.05. The number of aryl methyl sites for hydroxylation is 1. The molecule has 2 rings (SSSR count). The Morgan fingerprint density at radius 2 is 1.96 bits per heavy atom. The van der Waals surface area contributed by atoms with Crippen LogP contribution in [0.2, 0.25) is 0 Å². The van der Waals surface area contributed by atoms with E-state index >= 15 is 0 Å². The summed E-state index contributed by atoms with van der Waals surface area (Å²) in [6.07, 6.45) is 4.70. The van der Waals surface area contributed by atoms with Crippen LogP contribution in [0.15, 0.2) is 29.2 Å². The molecule has 1 aromatic carbocycles. The number of carbonyl (C=O) groups excluding carboxylic acids is 1. The molecule has 0 radical (unpaired) electrons. The van der Waals surface area contributed by atoms with E-state index in [1.54, 1.807) is 36.0 Å². The number of carbonyl (C=O) groups is 1. The lowest BCUT2D eigenvalue weighted by Gasteiger charge is -2.18. The Labute approximate surface area is 142 Å². The first kappa shape index (κ1) is 18.3. The third kappa shape index (κ3) is 5.82. The van der Waals surface area contributed by atoms with Gasteiger partial charge in [-0.3, -0.25) is 4.79 Å². The Morgan fingerprint density at radius 3 is 2.52 bits per heavy atom. The second kappa shape index (κ2) is 8.17. The van der Waals surface area contributed by atoms with E-state index in [1.165, 1.54) is 0 Å². The fourth-order valence-corrected chi connectivity index (χ4v) is 3.84. The highest BCUT2D eigenvalue weighted by Gasteiger charge is 2.27. The van der Waals surface area contributed by atoms with Gasteiger partial charge in [0.15, 0.2) is 0 Å². The molecule has 7 heteroatoms. The zero-order valence-corrected chi connectivity index (χ0v) is 15.2. The van der Waals surface area contributed by atoms with Crippen LogP contribution in [0.3, 0.4) is 0 Å². The first-order valence-electron chi connectivity index (χ1n) is 7.78. The summed E-state index contributed by atoms with van der Waals surface area (Å²) in [5, 5.41) is 2.86. The molecule has 1 saturated carbocycles. The summed E-state index contributed by atoms with van der Waals surface area (Å²) < 4.78 is 27.5. The van der Waals surface area contributed by atoms with Crippen molar-refractivity contribution in [1.29, 1.82) is 0 Å². The fourth-order valence-electron chi connectivity index (χ4n) is 2.14. The minimum atomic E-state index is -3.69. The molecule has 0 saturated heterocycles. The Bertz CT molecular complexity index is 625. The van der Waals surface area contributed by atoms with Gasteiger partial charge in [0.1, 0.15) is 6.04 Å². The van der Waals surface area contributed by atoms with Crippen molar-refractivity contribution in [3.05, 3.63) is 29.8 Å². The van der Waals surface area contributed by atoms with Gasteiger partial charge in [-0.05, 0) is 56.2 Å². The molecule has 1 unspecified atom stereocenters. The van der Waals surface area contributed by atoms with Gasteiger partial charge in [-0.25, -0.2) is 8.42 Å². The Morgan fingerprint density at radius 1 is 1.30 bits per heavy atom. The van der Waals surface area contributed by atoms with Gasteiger partial charge in [0, 0.05) is 6.54 Å². The van der Waals surface area contributed by atoms with Crippen molar-refractivity contribution in [2.45, 2.75) is 37.1 Å². The standard InChI is InChI=1S/C16H24N2O3S2/c1-12-3-7-14(8-4-12)23(20,21)18-15(9-10-22-2)16(19)17-11-13-5-6-13/h3-4,7-8,13,15,18H,5-6,9-11H2,1-2H3,(H,17,19). The third-order valence-electron chi connectivity index (χ3n) is 3.82. The molecule has 0 spiro atoms. The van der Waals surface area contributed by atoms with Crippen molar-refractivity contribution in [2.75, 3.05) is 18.6 Å². The molecule has 0 heterocycles. The van der Waals surface area contributed by atoms with Gasteiger partial charge < -0.3 is 5.32 Å². The molecule has 23 heavy (non-hydrogen) atoms. The number of amides is 1. The first-order valence-corrected chi connectivity index (χ1v) is 10.7. The van der Waals surface area contributed by atoms with Crippen molar-refractivity contribution in [1.82, 2.24) is 10.0 Å². The van der Waals surface area contributed by atoms with Gasteiger partial charge in [0.25, 0.3) is 0 Å². The third-order valence-corrected chi connectivity index (χ3v) is 5.95. The molecule has 128 valence electrons. The predicted molar refractivity (Wildman–Crippen MR) is 94.0 cm³/mol. The van der Waals surface area contributed by atoms with Gasteiger partial charge in [-0.15, -0.1) is 0 Å². The van der Waals surface area contributed by atoms with Crippen LogP contribution in [-0.4, -0.2) is 38.9 Å². The van der Waals surface area contributed by atoms with Gasteiger partial charge in [0.05, 0.1) is 4.90 Å². The highest BCUT2D eigenvalue weighted by molar-refractivity contribution is 7.98. The lowest BCUT2D eigenvalue weighted by atomic mass is 10.2. The summed E-state index contributed by atoms with van der Waals surface area (Å²) >= 11 is 1.59. The first-order chi connectivity index (χ1) is 10.9. The Kier molecular flexibility index (Phi) is 6.50. The van der Waals surface area contributed by atoms with Crippen molar-refractivity contribution in [3.63, 3.8) is 0 Å². The lowest BCUT2D eigenvalue weighted by Crippen LogP contribution is -2.47. The lowest BCUT2D eigenvalue weighted by molar-refractivity contribution is -0.122. The molecule has 1 aliphatic rings. The highest BCUT2D eigenvalue weighted by Crippen LogP contribution is 2.27. The summed E-state index contributed by atoms with van der Waals surface area (Å²) in [4.78, 5) is 12.5. The molecule has 0 bridgehead atoms. The van der Waals surface area contributed by atoms with E-state index in [0.717, 1.165) is 24.2 Å². The van der Waals surface area contributed by atoms with E-state index in [-0.39, 0.29) is 10.8 Å². The molecular formula is C16H24N2O3S2. The number of hydrogen-bond acceptors (Lipinski definition) is 4. The number of rotatable bonds is 9. The summed E-state index contributed by atoms with van der Waals surface area (Å²) in [5.41, 5.74) is 0.991. The number of hydrogen-bond donors (Lipinski definition) is 2. The van der Waals surface area contributed by atoms with Crippen LogP contribution in [0, 0.1) is 12.8 Å². The molecule has 2 N–H and O–H groups in total. The molecule has 1 aliphatic carbocycles. The van der Waals surface area contributed by atoms with Crippen LogP contribution in [0.1, 0.15) is 24.8 Å². The van der Waals surface area contributed by atoms with E-state index in [0.29, 0.717) is 18.9 Å². The zero-order valence-electron chi connectivity index (χ0n) is 13.5. The molecule has 1 atom stereocenters. The second-order valence-corrected chi connectivity index (χ2v) is 8.66. The maximum atomic E-state index is 12.5. The molecule has 1 amide bonds. The molecule has 5 nitrogen and oxygen atoms in total. The number of nitrogens with one attached hydrogen (secondary N) is 2. The summed E-state index contributed by atoms with van der Waals surface area (Å²) in [6, 6.07) is 5.89. The maximum absolute atomic E-state index is 12.5. The van der Waals surface area contributed by atoms with Crippen LogP contribution in [0.5, 0.6) is 0 Å². The highest BCUT2D eigenvalue weighted by atomic mass is 32.2. The van der Waals surface area contributed by atoms with Gasteiger partial charge in [-0.2, -0.15) is 16.5 Å². The predicted octanol–water partition coefficient (Wildman–Crippen LogP) is 1.92. The van der Waals surface area contributed by atoms with E-state index < -0.39 is 16.1 Å². The minimum absolute atomic E-state index is 0.187. The molecule has 0 aliphatic heterocycles. The van der Waals surface area contributed by atoms with Crippen LogP contribution >= 0.6 is 11.8 Å².